The number of carbonyl (C=O) groups is 2. The maximum Gasteiger partial charge on any atom is 0.416 e. The molecule has 2 N–H and O–H groups in total. The zero-order valence-electron chi connectivity index (χ0n) is 36.8. The molecule has 0 saturated carbocycles. The van der Waals surface area contributed by atoms with Gasteiger partial charge in [0.1, 0.15) is 18.0 Å². The molecule has 4 aromatic carbocycles. The van der Waals surface area contributed by atoms with Gasteiger partial charge in [0, 0.05) is 11.1 Å². The molecule has 0 spiro atoms. The number of aliphatic carboxylic acids is 2. The van der Waals surface area contributed by atoms with Gasteiger partial charge in [0.05, 0.1) is 58.9 Å². The van der Waals surface area contributed by atoms with Gasteiger partial charge >= 0.3 is 24.3 Å². The van der Waals surface area contributed by atoms with Gasteiger partial charge < -0.3 is 24.4 Å². The highest BCUT2D eigenvalue weighted by atomic mass is 35.5. The van der Waals surface area contributed by atoms with Crippen LogP contribution < -0.4 is 14.2 Å². The summed E-state index contributed by atoms with van der Waals surface area (Å²) in [7, 11) is 1.48. The molecule has 6 aromatic rings. The Bertz CT molecular complexity index is 2570. The third-order valence-electron chi connectivity index (χ3n) is 10.3. The van der Waals surface area contributed by atoms with E-state index in [4.69, 9.17) is 36.0 Å². The van der Waals surface area contributed by atoms with E-state index in [0.717, 1.165) is 49.9 Å². The summed E-state index contributed by atoms with van der Waals surface area (Å²) in [6.07, 6.45) is -4.98. The van der Waals surface area contributed by atoms with Crippen molar-refractivity contribution in [2.75, 3.05) is 7.11 Å². The van der Waals surface area contributed by atoms with Crippen molar-refractivity contribution >= 4 is 23.5 Å². The molecule has 0 fully saturated rings. The van der Waals surface area contributed by atoms with Crippen molar-refractivity contribution in [2.24, 2.45) is 0 Å². The van der Waals surface area contributed by atoms with Gasteiger partial charge in [-0.3, -0.25) is 9.59 Å². The number of hydrogen-bond donors (Lipinski definition) is 2. The van der Waals surface area contributed by atoms with Crippen LogP contribution in [0.1, 0.15) is 98.2 Å². The normalized spacial score (nSPS) is 12.3. The zero-order chi connectivity index (χ0) is 48.7. The molecule has 0 bridgehead atoms. The van der Waals surface area contributed by atoms with Gasteiger partial charge in [0.15, 0.2) is 11.5 Å². The molecule has 0 unspecified atom stereocenters. The quantitative estimate of drug-likeness (QED) is 0.0763. The van der Waals surface area contributed by atoms with Crippen LogP contribution in [0.15, 0.2) is 121 Å². The fraction of sp³-hybridized carbons (Fsp3) is 0.294. The first kappa shape index (κ1) is 51.4. The molecule has 0 amide bonds. The van der Waals surface area contributed by atoms with Crippen LogP contribution in [0.5, 0.6) is 17.2 Å². The van der Waals surface area contributed by atoms with Gasteiger partial charge in [0.25, 0.3) is 0 Å². The molecule has 67 heavy (non-hydrogen) atoms. The average molecular weight is 951 g/mol. The fourth-order valence-corrected chi connectivity index (χ4v) is 7.13. The molecule has 2 atom stereocenters. The number of carboxylic acid groups (broad SMARTS) is 2. The molecule has 0 aliphatic heterocycles. The number of ether oxygens (including phenoxy) is 3. The Hall–Kier alpha value is -6.61. The van der Waals surface area contributed by atoms with Crippen LogP contribution >= 0.6 is 11.6 Å². The summed E-state index contributed by atoms with van der Waals surface area (Å²) in [6, 6.07) is 30.3. The van der Waals surface area contributed by atoms with Gasteiger partial charge in [-0.2, -0.15) is 26.3 Å². The molecule has 16 heteroatoms. The first-order valence-electron chi connectivity index (χ1n) is 21.4. The largest absolute Gasteiger partial charge is 0.493 e. The minimum absolute atomic E-state index is 0.132. The minimum Gasteiger partial charge on any atom is -0.493 e. The Morgan fingerprint density at radius 2 is 1.00 bits per heavy atom. The van der Waals surface area contributed by atoms with E-state index in [9.17, 15) is 35.9 Å². The minimum atomic E-state index is -4.40. The van der Waals surface area contributed by atoms with Crippen LogP contribution in [-0.4, -0.2) is 39.2 Å². The van der Waals surface area contributed by atoms with Gasteiger partial charge in [-0.25, -0.2) is 9.97 Å². The van der Waals surface area contributed by atoms with Crippen molar-refractivity contribution < 1.29 is 60.4 Å². The predicted molar refractivity (Wildman–Crippen MR) is 242 cm³/mol. The van der Waals surface area contributed by atoms with Crippen molar-refractivity contribution in [1.82, 2.24) is 9.97 Å². The number of rotatable bonds is 19. The summed E-state index contributed by atoms with van der Waals surface area (Å²) in [5, 5.41) is 18.3. The van der Waals surface area contributed by atoms with E-state index in [-0.39, 0.29) is 12.8 Å². The number of aromatic nitrogens is 2. The summed E-state index contributed by atoms with van der Waals surface area (Å²) >= 11 is 6.33. The lowest BCUT2D eigenvalue weighted by atomic mass is 10.1. The van der Waals surface area contributed by atoms with Gasteiger partial charge in [-0.05, 0) is 110 Å². The lowest BCUT2D eigenvalue weighted by Gasteiger charge is -2.21. The molecule has 9 nitrogen and oxygen atoms in total. The fourth-order valence-electron chi connectivity index (χ4n) is 6.88. The average Bonchev–Trinajstić information content (AvgIpc) is 3.29. The molecule has 0 saturated heterocycles. The Morgan fingerprint density at radius 1 is 0.582 bits per heavy atom. The van der Waals surface area contributed by atoms with Crippen LogP contribution in [-0.2, 0) is 34.8 Å². The highest BCUT2D eigenvalue weighted by Gasteiger charge is 2.31. The molecule has 0 radical (unpaired) electrons. The van der Waals surface area contributed by atoms with Gasteiger partial charge in [-0.15, -0.1) is 0 Å². The highest BCUT2D eigenvalue weighted by Crippen LogP contribution is 2.37. The molecule has 6 rings (SSSR count). The Morgan fingerprint density at radius 3 is 1.39 bits per heavy atom. The summed E-state index contributed by atoms with van der Waals surface area (Å²) in [4.78, 5) is 31.3. The number of halogens is 7. The van der Waals surface area contributed by atoms with Crippen molar-refractivity contribution in [1.29, 1.82) is 0 Å². The predicted octanol–water partition coefficient (Wildman–Crippen LogP) is 14.1. The Kier molecular flexibility index (Phi) is 18.2. The number of unbranched alkanes of at least 4 members (excludes halogenated alkanes) is 2. The lowest BCUT2D eigenvalue weighted by Crippen LogP contribution is -2.11. The van der Waals surface area contributed by atoms with Crippen molar-refractivity contribution in [3.63, 3.8) is 0 Å². The van der Waals surface area contributed by atoms with E-state index >= 15 is 0 Å². The SMILES string of the molecule is CCCC[C@H](Oc1ccc(CC(=O)O)cc1Cl)c1cccc(-c2ccc(C(F)(F)F)cc2)n1.CCCC[C@H](Oc1ccc(CC(=O)O)cc1OC)c1cccc(-c2ccc(C(F)(F)F)cc2)n1. The van der Waals surface area contributed by atoms with Crippen LogP contribution in [0.4, 0.5) is 26.3 Å². The van der Waals surface area contributed by atoms with E-state index in [0.29, 0.717) is 80.1 Å². The number of hydrogen-bond acceptors (Lipinski definition) is 7. The highest BCUT2D eigenvalue weighted by molar-refractivity contribution is 6.32. The molecular formula is C51H49ClF6N2O7. The van der Waals surface area contributed by atoms with Crippen molar-refractivity contribution in [3.05, 3.63) is 160 Å². The third kappa shape index (κ3) is 15.2. The first-order valence-corrected chi connectivity index (χ1v) is 21.8. The molecule has 0 aliphatic rings. The Labute approximate surface area is 389 Å². The van der Waals surface area contributed by atoms with E-state index in [1.54, 1.807) is 66.7 Å². The number of carboxylic acids is 2. The Balaban J connectivity index is 0.000000251. The number of nitrogens with zero attached hydrogens (tertiary/aromatic N) is 2. The van der Waals surface area contributed by atoms with Gasteiger partial charge in [-0.1, -0.05) is 86.8 Å². The number of benzene rings is 4. The zero-order valence-corrected chi connectivity index (χ0v) is 37.6. The molecule has 0 aliphatic carbocycles. The second-order valence-corrected chi connectivity index (χ2v) is 15.8. The van der Waals surface area contributed by atoms with E-state index in [2.05, 4.69) is 23.8 Å². The molecule has 2 aromatic heterocycles. The standard InChI is InChI=1S/C26H26F3NO4.C25H23ClF3NO3/c1-3-4-8-22(34-23-14-9-17(16-25(31)32)15-24(23)33-2)21-7-5-6-20(30-21)18-10-12-19(13-11-18)26(27,28)29;1-2-3-7-23(33-22-13-8-16(14-19(22)26)15-24(31)32)21-6-4-5-20(30-21)17-9-11-18(12-10-17)25(27,28)29/h5-7,9-15,22H,3-4,8,16H2,1-2H3,(H,31,32);4-6,8-14,23H,2-3,7,15H2,1H3,(H,31,32)/t22-;23-/m00/s1. The third-order valence-corrected chi connectivity index (χ3v) is 10.6. The summed E-state index contributed by atoms with van der Waals surface area (Å²) in [5.41, 5.74) is 3.21. The molecule has 354 valence electrons. The smallest absolute Gasteiger partial charge is 0.416 e. The summed E-state index contributed by atoms with van der Waals surface area (Å²) in [5.74, 6) is -0.613. The summed E-state index contributed by atoms with van der Waals surface area (Å²) < 4.78 is 95.1. The van der Waals surface area contributed by atoms with Crippen LogP contribution in [0.2, 0.25) is 5.02 Å². The number of pyridine rings is 2. The van der Waals surface area contributed by atoms with Crippen LogP contribution in [0, 0.1) is 0 Å². The van der Waals surface area contributed by atoms with E-state index < -0.39 is 47.6 Å². The van der Waals surface area contributed by atoms with E-state index in [1.807, 2.05) is 6.07 Å². The van der Waals surface area contributed by atoms with E-state index in [1.165, 1.54) is 31.4 Å². The molecular weight excluding hydrogens is 902 g/mol. The second-order valence-electron chi connectivity index (χ2n) is 15.4. The van der Waals surface area contributed by atoms with Gasteiger partial charge in [0.2, 0.25) is 0 Å². The van der Waals surface area contributed by atoms with Crippen molar-refractivity contribution in [3.8, 4) is 39.8 Å². The number of alkyl halides is 6. The molecule has 2 heterocycles. The monoisotopic (exact) mass is 950 g/mol. The second kappa shape index (κ2) is 23.7. The maximum atomic E-state index is 12.9. The van der Waals surface area contributed by atoms with Crippen LogP contribution in [0.3, 0.4) is 0 Å². The maximum absolute atomic E-state index is 12.9. The topological polar surface area (TPSA) is 128 Å². The van der Waals surface area contributed by atoms with Crippen LogP contribution in [0.25, 0.3) is 22.5 Å². The summed E-state index contributed by atoms with van der Waals surface area (Å²) in [6.45, 7) is 4.11. The number of methoxy groups -OCH3 is 1. The van der Waals surface area contributed by atoms with Crippen molar-refractivity contribution in [2.45, 2.75) is 89.8 Å². The lowest BCUT2D eigenvalue weighted by molar-refractivity contribution is -0.138. The first-order chi connectivity index (χ1) is 31.9.